The molecule has 2 amide bonds. The normalized spacial score (nSPS) is 13.7. The summed E-state index contributed by atoms with van der Waals surface area (Å²) >= 11 is 0. The average Bonchev–Trinajstić information content (AvgIpc) is 3.08. The summed E-state index contributed by atoms with van der Waals surface area (Å²) in [4.78, 5) is 36.0. The third-order valence-electron chi connectivity index (χ3n) is 3.72. The first-order chi connectivity index (χ1) is 11.0. The van der Waals surface area contributed by atoms with Gasteiger partial charge in [0, 0.05) is 37.7 Å². The van der Waals surface area contributed by atoms with Crippen molar-refractivity contribution in [3.63, 3.8) is 0 Å². The summed E-state index contributed by atoms with van der Waals surface area (Å²) in [5, 5.41) is 13.6. The van der Waals surface area contributed by atoms with Gasteiger partial charge in [-0.1, -0.05) is 0 Å². The highest BCUT2D eigenvalue weighted by Gasteiger charge is 2.19. The molecule has 0 bridgehead atoms. The highest BCUT2D eigenvalue weighted by molar-refractivity contribution is 5.95. The third kappa shape index (κ3) is 4.18. The minimum atomic E-state index is -0.605. The van der Waals surface area contributed by atoms with Crippen LogP contribution in [-0.4, -0.2) is 48.4 Å². The van der Waals surface area contributed by atoms with Crippen molar-refractivity contribution < 1.29 is 19.2 Å². The van der Waals surface area contributed by atoms with Crippen LogP contribution in [0.2, 0.25) is 0 Å². The first kappa shape index (κ1) is 16.7. The first-order valence-corrected chi connectivity index (χ1v) is 7.41. The summed E-state index contributed by atoms with van der Waals surface area (Å²) < 4.78 is 4.89. The first-order valence-electron chi connectivity index (χ1n) is 7.41. The number of carbonyl (C=O) groups is 2. The minimum absolute atomic E-state index is 0.0171. The molecule has 1 heterocycles. The van der Waals surface area contributed by atoms with Crippen LogP contribution in [0.3, 0.4) is 0 Å². The molecular weight excluding hydrogens is 302 g/mol. The van der Waals surface area contributed by atoms with E-state index in [2.05, 4.69) is 5.32 Å². The molecule has 1 fully saturated rings. The van der Waals surface area contributed by atoms with E-state index >= 15 is 0 Å². The number of rotatable bonds is 6. The van der Waals surface area contributed by atoms with Gasteiger partial charge in [0.25, 0.3) is 5.91 Å². The fourth-order valence-corrected chi connectivity index (χ4v) is 2.48. The van der Waals surface area contributed by atoms with Crippen LogP contribution >= 0.6 is 0 Å². The second kappa shape index (κ2) is 7.57. The Morgan fingerprint density at radius 1 is 1.35 bits per heavy atom. The van der Waals surface area contributed by atoms with Gasteiger partial charge in [0.2, 0.25) is 5.91 Å². The number of hydrogen-bond acceptors (Lipinski definition) is 5. The molecule has 0 aromatic heterocycles. The zero-order valence-corrected chi connectivity index (χ0v) is 12.9. The maximum absolute atomic E-state index is 12.0. The lowest BCUT2D eigenvalue weighted by Crippen LogP contribution is -2.32. The molecule has 1 saturated heterocycles. The molecular formula is C15H19N3O5. The summed E-state index contributed by atoms with van der Waals surface area (Å²) in [5.41, 5.74) is -0.112. The van der Waals surface area contributed by atoms with E-state index in [0.717, 1.165) is 32.0 Å². The molecule has 1 aromatic rings. The Balaban J connectivity index is 1.91. The highest BCUT2D eigenvalue weighted by Crippen LogP contribution is 2.27. The number of carbonyl (C=O) groups excluding carboxylic acids is 2. The van der Waals surface area contributed by atoms with Crippen molar-refractivity contribution in [1.29, 1.82) is 0 Å². The summed E-state index contributed by atoms with van der Waals surface area (Å²) in [6, 6.07) is 3.99. The minimum Gasteiger partial charge on any atom is -0.490 e. The van der Waals surface area contributed by atoms with E-state index in [1.165, 1.54) is 19.2 Å². The zero-order chi connectivity index (χ0) is 16.8. The van der Waals surface area contributed by atoms with Crippen LogP contribution in [0.5, 0.6) is 5.75 Å². The summed E-state index contributed by atoms with van der Waals surface area (Å²) in [5.74, 6) is -0.343. The van der Waals surface area contributed by atoms with Gasteiger partial charge in [-0.05, 0) is 25.0 Å². The number of nitro groups is 1. The van der Waals surface area contributed by atoms with E-state index < -0.39 is 10.8 Å². The largest absolute Gasteiger partial charge is 0.490 e. The maximum atomic E-state index is 12.0. The van der Waals surface area contributed by atoms with Gasteiger partial charge >= 0.3 is 5.69 Å². The van der Waals surface area contributed by atoms with Gasteiger partial charge < -0.3 is 15.0 Å². The Kier molecular flexibility index (Phi) is 5.51. The molecule has 124 valence electrons. The fourth-order valence-electron chi connectivity index (χ4n) is 2.48. The quantitative estimate of drug-likeness (QED) is 0.629. The molecule has 1 aromatic carbocycles. The number of nitrogens with one attached hydrogen (secondary N) is 1. The molecule has 1 aliphatic rings. The van der Waals surface area contributed by atoms with Crippen molar-refractivity contribution in [2.45, 2.75) is 19.3 Å². The molecule has 2 rings (SSSR count). The van der Waals surface area contributed by atoms with E-state index in [9.17, 15) is 19.7 Å². The average molecular weight is 321 g/mol. The number of methoxy groups -OCH3 is 1. The maximum Gasteiger partial charge on any atom is 0.311 e. The number of nitrogens with zero attached hydrogens (tertiary/aromatic N) is 2. The van der Waals surface area contributed by atoms with Crippen LogP contribution in [0, 0.1) is 10.1 Å². The Hall–Kier alpha value is -2.64. The lowest BCUT2D eigenvalue weighted by Gasteiger charge is -2.15. The molecule has 0 aliphatic carbocycles. The van der Waals surface area contributed by atoms with Crippen LogP contribution in [0.15, 0.2) is 18.2 Å². The molecule has 0 atom stereocenters. The standard InChI is InChI=1S/C15H19N3O5/c1-23-13-5-4-11(10-12(13)18(21)22)15(20)16-7-6-14(19)17-8-2-3-9-17/h4-5,10H,2-3,6-9H2,1H3,(H,16,20). The number of amides is 2. The molecule has 1 N–H and O–H groups in total. The van der Waals surface area contributed by atoms with Gasteiger partial charge in [0.15, 0.2) is 5.75 Å². The molecule has 8 heteroatoms. The van der Waals surface area contributed by atoms with Crippen LogP contribution in [0.1, 0.15) is 29.6 Å². The molecule has 1 aliphatic heterocycles. The second-order valence-corrected chi connectivity index (χ2v) is 5.24. The summed E-state index contributed by atoms with van der Waals surface area (Å²) in [6.07, 6.45) is 2.27. The summed E-state index contributed by atoms with van der Waals surface area (Å²) in [6.45, 7) is 1.75. The monoisotopic (exact) mass is 321 g/mol. The Morgan fingerprint density at radius 2 is 2.04 bits per heavy atom. The van der Waals surface area contributed by atoms with E-state index in [0.29, 0.717) is 0 Å². The number of hydrogen-bond donors (Lipinski definition) is 1. The fraction of sp³-hybridized carbons (Fsp3) is 0.467. The molecule has 23 heavy (non-hydrogen) atoms. The summed E-state index contributed by atoms with van der Waals surface area (Å²) in [7, 11) is 1.33. The predicted molar refractivity (Wildman–Crippen MR) is 82.4 cm³/mol. The van der Waals surface area contributed by atoms with Gasteiger partial charge in [0.05, 0.1) is 12.0 Å². The highest BCUT2D eigenvalue weighted by atomic mass is 16.6. The van der Waals surface area contributed by atoms with E-state index in [1.54, 1.807) is 4.90 Å². The lowest BCUT2D eigenvalue weighted by atomic mass is 10.1. The van der Waals surface area contributed by atoms with Gasteiger partial charge in [0.1, 0.15) is 0 Å². The SMILES string of the molecule is COc1ccc(C(=O)NCCC(=O)N2CCCC2)cc1[N+](=O)[O-]. The van der Waals surface area contributed by atoms with Crippen molar-refractivity contribution in [2.24, 2.45) is 0 Å². The van der Waals surface area contributed by atoms with Crippen molar-refractivity contribution in [1.82, 2.24) is 10.2 Å². The van der Waals surface area contributed by atoms with Crippen LogP contribution in [0.4, 0.5) is 5.69 Å². The Labute approximate surface area is 133 Å². The molecule has 8 nitrogen and oxygen atoms in total. The number of ether oxygens (including phenoxy) is 1. The predicted octanol–water partition coefficient (Wildman–Crippen LogP) is 1.35. The van der Waals surface area contributed by atoms with E-state index in [-0.39, 0.29) is 35.9 Å². The molecule has 0 spiro atoms. The second-order valence-electron chi connectivity index (χ2n) is 5.24. The lowest BCUT2D eigenvalue weighted by molar-refractivity contribution is -0.385. The van der Waals surface area contributed by atoms with Gasteiger partial charge in [-0.25, -0.2) is 0 Å². The molecule has 0 saturated carbocycles. The van der Waals surface area contributed by atoms with Crippen molar-refractivity contribution >= 4 is 17.5 Å². The van der Waals surface area contributed by atoms with E-state index in [4.69, 9.17) is 4.74 Å². The molecule has 0 radical (unpaired) electrons. The zero-order valence-electron chi connectivity index (χ0n) is 12.9. The van der Waals surface area contributed by atoms with Crippen molar-refractivity contribution in [3.05, 3.63) is 33.9 Å². The number of benzene rings is 1. The van der Waals surface area contributed by atoms with Gasteiger partial charge in [-0.2, -0.15) is 0 Å². The smallest absolute Gasteiger partial charge is 0.311 e. The van der Waals surface area contributed by atoms with Gasteiger partial charge in [-0.3, -0.25) is 19.7 Å². The van der Waals surface area contributed by atoms with E-state index in [1.807, 2.05) is 0 Å². The topological polar surface area (TPSA) is 102 Å². The third-order valence-corrected chi connectivity index (χ3v) is 3.72. The van der Waals surface area contributed by atoms with Crippen LogP contribution < -0.4 is 10.1 Å². The van der Waals surface area contributed by atoms with Crippen molar-refractivity contribution in [3.8, 4) is 5.75 Å². The number of likely N-dealkylation sites (tertiary alicyclic amines) is 1. The van der Waals surface area contributed by atoms with Crippen LogP contribution in [0.25, 0.3) is 0 Å². The Bertz CT molecular complexity index is 611. The number of nitro benzene ring substituents is 1. The van der Waals surface area contributed by atoms with Gasteiger partial charge in [-0.15, -0.1) is 0 Å². The Morgan fingerprint density at radius 3 is 2.65 bits per heavy atom. The van der Waals surface area contributed by atoms with Crippen LogP contribution in [-0.2, 0) is 4.79 Å². The molecule has 0 unspecified atom stereocenters. The van der Waals surface area contributed by atoms with Crippen molar-refractivity contribution in [2.75, 3.05) is 26.7 Å².